The molecule has 35 heavy (non-hydrogen) atoms. The molecule has 1 aliphatic rings. The van der Waals surface area contributed by atoms with Gasteiger partial charge in [-0.1, -0.05) is 17.3 Å². The average molecular weight is 477 g/mol. The molecule has 8 nitrogen and oxygen atoms in total. The van der Waals surface area contributed by atoms with Crippen molar-refractivity contribution >= 4 is 0 Å². The van der Waals surface area contributed by atoms with E-state index in [9.17, 15) is 5.11 Å². The molecule has 0 atom stereocenters. The van der Waals surface area contributed by atoms with Crippen LogP contribution in [-0.2, 0) is 26.0 Å². The van der Waals surface area contributed by atoms with Crippen LogP contribution in [0.5, 0.6) is 23.0 Å². The van der Waals surface area contributed by atoms with E-state index in [1.165, 1.54) is 0 Å². The molecule has 0 aliphatic heterocycles. The summed E-state index contributed by atoms with van der Waals surface area (Å²) in [5.74, 6) is 3.26. The van der Waals surface area contributed by atoms with Crippen molar-refractivity contribution in [1.29, 1.82) is 0 Å². The summed E-state index contributed by atoms with van der Waals surface area (Å²) < 4.78 is 30.0. The first-order valence-corrected chi connectivity index (χ1v) is 11.4. The second kappa shape index (κ2) is 9.38. The number of hydrogen-bond donors (Lipinski definition) is 1. The van der Waals surface area contributed by atoms with Crippen molar-refractivity contribution in [3.8, 4) is 45.6 Å². The minimum atomic E-state index is -0.138. The molecule has 182 valence electrons. The minimum absolute atomic E-state index is 0.138. The van der Waals surface area contributed by atoms with Gasteiger partial charge in [0.05, 0.1) is 40.7 Å². The summed E-state index contributed by atoms with van der Waals surface area (Å²) in [5.41, 5.74) is 6.82. The Balaban J connectivity index is 1.70. The molecule has 5 rings (SSSR count). The van der Waals surface area contributed by atoms with E-state index < -0.39 is 0 Å². The van der Waals surface area contributed by atoms with Gasteiger partial charge in [-0.2, -0.15) is 0 Å². The maximum absolute atomic E-state index is 9.69. The van der Waals surface area contributed by atoms with Gasteiger partial charge in [0.25, 0.3) is 0 Å². The van der Waals surface area contributed by atoms with Crippen molar-refractivity contribution in [2.45, 2.75) is 26.0 Å². The zero-order chi connectivity index (χ0) is 24.5. The Morgan fingerprint density at radius 1 is 0.914 bits per heavy atom. The standard InChI is InChI=1S/C27H28N2O6/c1-31-18-7-5-16(6-8-18)13-29-14-21-19(9-10-20-22(15-30)28-35-26(20)21)25(29)17-11-23(32-2)27(34-4)24(12-17)33-3/h5-8,11-12,14,30H,9-10,13,15H2,1-4H3. The summed E-state index contributed by atoms with van der Waals surface area (Å²) in [6, 6.07) is 12.0. The Hall–Kier alpha value is -3.91. The van der Waals surface area contributed by atoms with Gasteiger partial charge in [0.1, 0.15) is 11.4 Å². The van der Waals surface area contributed by atoms with Crippen LogP contribution < -0.4 is 18.9 Å². The van der Waals surface area contributed by atoms with E-state index in [4.69, 9.17) is 23.5 Å². The number of hydrogen-bond acceptors (Lipinski definition) is 7. The van der Waals surface area contributed by atoms with Crippen LogP contribution in [0.15, 0.2) is 47.1 Å². The number of aromatic nitrogens is 2. The Labute approximate surface area is 203 Å². The van der Waals surface area contributed by atoms with Crippen LogP contribution in [0.3, 0.4) is 0 Å². The van der Waals surface area contributed by atoms with Gasteiger partial charge in [-0.25, -0.2) is 0 Å². The molecular formula is C27H28N2O6. The van der Waals surface area contributed by atoms with Gasteiger partial charge in [0.15, 0.2) is 17.3 Å². The van der Waals surface area contributed by atoms with Gasteiger partial charge in [-0.05, 0) is 48.2 Å². The van der Waals surface area contributed by atoms with Crippen molar-refractivity contribution in [3.05, 3.63) is 65.0 Å². The molecule has 2 heterocycles. The Bertz CT molecular complexity index is 1330. The average Bonchev–Trinajstić information content (AvgIpc) is 3.49. The number of methoxy groups -OCH3 is 4. The fourth-order valence-electron chi connectivity index (χ4n) is 4.84. The van der Waals surface area contributed by atoms with Crippen LogP contribution in [0.4, 0.5) is 0 Å². The second-order valence-corrected chi connectivity index (χ2v) is 8.35. The molecule has 0 fully saturated rings. The lowest BCUT2D eigenvalue weighted by molar-refractivity contribution is 0.266. The molecule has 1 aliphatic carbocycles. The molecular weight excluding hydrogens is 448 g/mol. The Morgan fingerprint density at radius 3 is 2.20 bits per heavy atom. The van der Waals surface area contributed by atoms with E-state index in [2.05, 4.69) is 28.1 Å². The first kappa shape index (κ1) is 22.9. The summed E-state index contributed by atoms with van der Waals surface area (Å²) in [5, 5.41) is 13.8. The summed E-state index contributed by atoms with van der Waals surface area (Å²) in [6.45, 7) is 0.500. The first-order valence-electron chi connectivity index (χ1n) is 11.4. The Kier molecular flexibility index (Phi) is 6.13. The van der Waals surface area contributed by atoms with Crippen LogP contribution in [0, 0.1) is 0 Å². The maximum Gasteiger partial charge on any atom is 0.203 e. The normalized spacial score (nSPS) is 12.1. The highest BCUT2D eigenvalue weighted by Gasteiger charge is 2.30. The molecule has 1 N–H and O–H groups in total. The molecule has 2 aromatic carbocycles. The number of aliphatic hydroxyl groups excluding tert-OH is 1. The van der Waals surface area contributed by atoms with Crippen LogP contribution in [0.1, 0.15) is 22.4 Å². The van der Waals surface area contributed by atoms with Crippen molar-refractivity contribution in [1.82, 2.24) is 9.72 Å². The van der Waals surface area contributed by atoms with Crippen molar-refractivity contribution < 1.29 is 28.6 Å². The van der Waals surface area contributed by atoms with E-state index in [0.717, 1.165) is 57.9 Å². The molecule has 0 saturated heterocycles. The zero-order valence-corrected chi connectivity index (χ0v) is 20.3. The predicted octanol–water partition coefficient (Wildman–Crippen LogP) is 4.48. The zero-order valence-electron chi connectivity index (χ0n) is 20.3. The molecule has 8 heteroatoms. The molecule has 0 saturated carbocycles. The quantitative estimate of drug-likeness (QED) is 0.401. The van der Waals surface area contributed by atoms with Gasteiger partial charge in [-0.15, -0.1) is 0 Å². The molecule has 4 aromatic rings. The number of nitrogens with zero attached hydrogens (tertiary/aromatic N) is 2. The third kappa shape index (κ3) is 3.89. The molecule has 0 radical (unpaired) electrons. The molecule has 2 aromatic heterocycles. The highest BCUT2D eigenvalue weighted by atomic mass is 16.5. The monoisotopic (exact) mass is 476 g/mol. The van der Waals surface area contributed by atoms with E-state index in [1.54, 1.807) is 28.4 Å². The topological polar surface area (TPSA) is 88.1 Å². The fourth-order valence-corrected chi connectivity index (χ4v) is 4.84. The SMILES string of the molecule is COc1ccc(Cn2cc3c(c2-c2cc(OC)c(OC)c(OC)c2)CCc2c(CO)noc2-3)cc1. The summed E-state index contributed by atoms with van der Waals surface area (Å²) in [4.78, 5) is 0. The lowest BCUT2D eigenvalue weighted by Crippen LogP contribution is -2.05. The van der Waals surface area contributed by atoms with E-state index in [-0.39, 0.29) is 6.61 Å². The summed E-state index contributed by atoms with van der Waals surface area (Å²) in [6.07, 6.45) is 3.63. The van der Waals surface area contributed by atoms with E-state index in [0.29, 0.717) is 29.5 Å². The van der Waals surface area contributed by atoms with Crippen molar-refractivity contribution in [2.75, 3.05) is 28.4 Å². The highest BCUT2D eigenvalue weighted by Crippen LogP contribution is 2.46. The highest BCUT2D eigenvalue weighted by molar-refractivity contribution is 5.81. The molecule has 0 bridgehead atoms. The number of rotatable bonds is 8. The molecule has 0 amide bonds. The van der Waals surface area contributed by atoms with Crippen LogP contribution in [0.25, 0.3) is 22.6 Å². The van der Waals surface area contributed by atoms with Crippen molar-refractivity contribution in [2.24, 2.45) is 0 Å². The summed E-state index contributed by atoms with van der Waals surface area (Å²) in [7, 11) is 6.49. The number of fused-ring (bicyclic) bond motifs is 3. The van der Waals surface area contributed by atoms with Crippen LogP contribution in [0.2, 0.25) is 0 Å². The van der Waals surface area contributed by atoms with Crippen LogP contribution in [-0.4, -0.2) is 43.3 Å². The fraction of sp³-hybridized carbons (Fsp3) is 0.296. The minimum Gasteiger partial charge on any atom is -0.497 e. The van der Waals surface area contributed by atoms with Gasteiger partial charge >= 0.3 is 0 Å². The number of benzene rings is 2. The van der Waals surface area contributed by atoms with Crippen LogP contribution >= 0.6 is 0 Å². The molecule has 0 unspecified atom stereocenters. The molecule has 0 spiro atoms. The van der Waals surface area contributed by atoms with Gasteiger partial charge in [-0.3, -0.25) is 0 Å². The van der Waals surface area contributed by atoms with Gasteiger partial charge in [0, 0.05) is 29.4 Å². The third-order valence-corrected chi connectivity index (χ3v) is 6.52. The van der Waals surface area contributed by atoms with Gasteiger partial charge < -0.3 is 33.1 Å². The maximum atomic E-state index is 9.69. The summed E-state index contributed by atoms with van der Waals surface area (Å²) >= 11 is 0. The first-order chi connectivity index (χ1) is 17.1. The van der Waals surface area contributed by atoms with E-state index >= 15 is 0 Å². The lowest BCUT2D eigenvalue weighted by Gasteiger charge is -2.18. The van der Waals surface area contributed by atoms with Gasteiger partial charge in [0.2, 0.25) is 5.75 Å². The lowest BCUT2D eigenvalue weighted by atomic mass is 9.89. The van der Waals surface area contributed by atoms with Crippen molar-refractivity contribution in [3.63, 3.8) is 0 Å². The predicted molar refractivity (Wildman–Crippen MR) is 130 cm³/mol. The number of ether oxygens (including phenoxy) is 4. The number of aliphatic hydroxyl groups is 1. The third-order valence-electron chi connectivity index (χ3n) is 6.52. The largest absolute Gasteiger partial charge is 0.497 e. The smallest absolute Gasteiger partial charge is 0.203 e. The van der Waals surface area contributed by atoms with E-state index in [1.807, 2.05) is 24.3 Å². The Morgan fingerprint density at radius 2 is 1.60 bits per heavy atom. The second-order valence-electron chi connectivity index (χ2n) is 8.35.